The fourth-order valence-electron chi connectivity index (χ4n) is 3.90. The summed E-state index contributed by atoms with van der Waals surface area (Å²) in [5, 5.41) is 4.23. The highest BCUT2D eigenvalue weighted by Gasteiger charge is 2.26. The first-order chi connectivity index (χ1) is 12.3. The van der Waals surface area contributed by atoms with Crippen molar-refractivity contribution < 1.29 is 4.79 Å². The molecule has 2 aromatic rings. The Hall–Kier alpha value is -2.21. The van der Waals surface area contributed by atoms with Gasteiger partial charge in [-0.05, 0) is 56.5 Å². The molecule has 1 aromatic heterocycles. The Morgan fingerprint density at radius 2 is 1.88 bits per heavy atom. The van der Waals surface area contributed by atoms with Gasteiger partial charge in [0.25, 0.3) is 5.91 Å². The third-order valence-electron chi connectivity index (χ3n) is 5.30. The number of hydrogen-bond acceptors (Lipinski definition) is 4. The Bertz CT molecular complexity index is 691. The summed E-state index contributed by atoms with van der Waals surface area (Å²) >= 11 is 0. The summed E-state index contributed by atoms with van der Waals surface area (Å²) in [7, 11) is 0. The highest BCUT2D eigenvalue weighted by molar-refractivity contribution is 5.94. The quantitative estimate of drug-likeness (QED) is 0.858. The van der Waals surface area contributed by atoms with Crippen molar-refractivity contribution in [3.05, 3.63) is 48.0 Å². The molecule has 132 valence electrons. The molecule has 6 nitrogen and oxygen atoms in total. The second-order valence-corrected chi connectivity index (χ2v) is 7.10. The number of amides is 1. The first kappa shape index (κ1) is 16.3. The third kappa shape index (κ3) is 3.74. The van der Waals surface area contributed by atoms with Crippen LogP contribution < -0.4 is 0 Å². The first-order valence-electron chi connectivity index (χ1n) is 9.24. The molecule has 0 saturated carbocycles. The van der Waals surface area contributed by atoms with Crippen LogP contribution in [0.2, 0.25) is 0 Å². The summed E-state index contributed by atoms with van der Waals surface area (Å²) in [6.07, 6.45) is 7.95. The minimum absolute atomic E-state index is 0.123. The number of likely N-dealkylation sites (tertiary alicyclic amines) is 2. The predicted octanol–water partition coefficient (Wildman–Crippen LogP) is 2.35. The summed E-state index contributed by atoms with van der Waals surface area (Å²) in [6.45, 7) is 4.90. The fraction of sp³-hybridized carbons (Fsp3) is 0.526. The zero-order valence-corrected chi connectivity index (χ0v) is 14.5. The van der Waals surface area contributed by atoms with E-state index in [1.807, 2.05) is 21.7 Å². The van der Waals surface area contributed by atoms with Crippen LogP contribution in [0.25, 0.3) is 0 Å². The Morgan fingerprint density at radius 3 is 2.60 bits per heavy atom. The summed E-state index contributed by atoms with van der Waals surface area (Å²) in [4.78, 5) is 21.3. The average Bonchev–Trinajstić information content (AvgIpc) is 3.36. The van der Waals surface area contributed by atoms with E-state index < -0.39 is 0 Å². The van der Waals surface area contributed by atoms with Crippen molar-refractivity contribution in [2.24, 2.45) is 0 Å². The second kappa shape index (κ2) is 7.35. The number of hydrogen-bond donors (Lipinski definition) is 0. The predicted molar refractivity (Wildman–Crippen MR) is 95.1 cm³/mol. The van der Waals surface area contributed by atoms with E-state index in [9.17, 15) is 4.79 Å². The SMILES string of the molecule is O=C(c1ccc(CN2CCCC2)cc1)N1CCC[C@H](n2cncn2)C1. The maximum atomic E-state index is 12.8. The lowest BCUT2D eigenvalue weighted by atomic mass is 10.0. The van der Waals surface area contributed by atoms with Crippen molar-refractivity contribution in [3.63, 3.8) is 0 Å². The van der Waals surface area contributed by atoms with E-state index in [4.69, 9.17) is 0 Å². The molecule has 0 N–H and O–H groups in total. The van der Waals surface area contributed by atoms with Crippen molar-refractivity contribution in [1.82, 2.24) is 24.6 Å². The van der Waals surface area contributed by atoms with Gasteiger partial charge in [-0.15, -0.1) is 0 Å². The minimum atomic E-state index is 0.123. The fourth-order valence-corrected chi connectivity index (χ4v) is 3.90. The molecule has 1 atom stereocenters. The van der Waals surface area contributed by atoms with Crippen LogP contribution >= 0.6 is 0 Å². The summed E-state index contributed by atoms with van der Waals surface area (Å²) < 4.78 is 1.87. The van der Waals surface area contributed by atoms with E-state index in [1.165, 1.54) is 31.5 Å². The van der Waals surface area contributed by atoms with Crippen molar-refractivity contribution in [1.29, 1.82) is 0 Å². The molecule has 4 rings (SSSR count). The minimum Gasteiger partial charge on any atom is -0.337 e. The van der Waals surface area contributed by atoms with Crippen LogP contribution in [0.15, 0.2) is 36.9 Å². The molecule has 1 amide bonds. The maximum absolute atomic E-state index is 12.8. The van der Waals surface area contributed by atoms with E-state index >= 15 is 0 Å². The van der Waals surface area contributed by atoms with Crippen LogP contribution in [0.4, 0.5) is 0 Å². The highest BCUT2D eigenvalue weighted by atomic mass is 16.2. The highest BCUT2D eigenvalue weighted by Crippen LogP contribution is 2.22. The van der Waals surface area contributed by atoms with E-state index in [0.29, 0.717) is 6.54 Å². The van der Waals surface area contributed by atoms with Crippen LogP contribution in [0.1, 0.15) is 47.6 Å². The van der Waals surface area contributed by atoms with E-state index in [0.717, 1.165) is 31.5 Å². The lowest BCUT2D eigenvalue weighted by Gasteiger charge is -2.32. The van der Waals surface area contributed by atoms with E-state index in [1.54, 1.807) is 12.7 Å². The van der Waals surface area contributed by atoms with Gasteiger partial charge >= 0.3 is 0 Å². The Morgan fingerprint density at radius 1 is 1.08 bits per heavy atom. The molecule has 0 bridgehead atoms. The van der Waals surface area contributed by atoms with E-state index in [-0.39, 0.29) is 11.9 Å². The van der Waals surface area contributed by atoms with Gasteiger partial charge in [0, 0.05) is 25.2 Å². The number of piperidine rings is 1. The van der Waals surface area contributed by atoms with Gasteiger partial charge in [0.2, 0.25) is 0 Å². The molecule has 2 fully saturated rings. The van der Waals surface area contributed by atoms with Crippen LogP contribution in [0, 0.1) is 0 Å². The van der Waals surface area contributed by atoms with Gasteiger partial charge in [0.05, 0.1) is 6.04 Å². The largest absolute Gasteiger partial charge is 0.337 e. The Kier molecular flexibility index (Phi) is 4.78. The van der Waals surface area contributed by atoms with Gasteiger partial charge in [-0.25, -0.2) is 9.67 Å². The Labute approximate surface area is 148 Å². The third-order valence-corrected chi connectivity index (χ3v) is 5.30. The molecule has 0 unspecified atom stereocenters. The number of aromatic nitrogens is 3. The number of nitrogens with zero attached hydrogens (tertiary/aromatic N) is 5. The lowest BCUT2D eigenvalue weighted by Crippen LogP contribution is -2.40. The van der Waals surface area contributed by atoms with Gasteiger partial charge in [0.1, 0.15) is 12.7 Å². The average molecular weight is 339 g/mol. The lowest BCUT2D eigenvalue weighted by molar-refractivity contribution is 0.0672. The molecule has 6 heteroatoms. The number of carbonyl (C=O) groups is 1. The first-order valence-corrected chi connectivity index (χ1v) is 9.24. The van der Waals surface area contributed by atoms with Crippen LogP contribution in [0.3, 0.4) is 0 Å². The van der Waals surface area contributed by atoms with Gasteiger partial charge in [-0.1, -0.05) is 12.1 Å². The smallest absolute Gasteiger partial charge is 0.253 e. The van der Waals surface area contributed by atoms with Gasteiger partial charge in [-0.2, -0.15) is 5.10 Å². The van der Waals surface area contributed by atoms with Crippen molar-refractivity contribution in [2.45, 2.75) is 38.3 Å². The normalized spacial score (nSPS) is 21.6. The molecule has 0 aliphatic carbocycles. The van der Waals surface area contributed by atoms with Crippen molar-refractivity contribution in [2.75, 3.05) is 26.2 Å². The van der Waals surface area contributed by atoms with Gasteiger partial charge < -0.3 is 4.90 Å². The van der Waals surface area contributed by atoms with Crippen molar-refractivity contribution in [3.8, 4) is 0 Å². The number of benzene rings is 1. The van der Waals surface area contributed by atoms with Gasteiger partial charge in [0.15, 0.2) is 0 Å². The standard InChI is InChI=1S/C19H25N5O/c25-19(23-11-3-4-18(13-23)24-15-20-14-21-24)17-7-5-16(6-8-17)12-22-9-1-2-10-22/h5-8,14-15,18H,1-4,9-13H2/t18-/m0/s1. The van der Waals surface area contributed by atoms with Gasteiger partial charge in [-0.3, -0.25) is 9.69 Å². The molecular weight excluding hydrogens is 314 g/mol. The maximum Gasteiger partial charge on any atom is 0.253 e. The molecular formula is C19H25N5O. The molecule has 0 radical (unpaired) electrons. The Balaban J connectivity index is 1.39. The van der Waals surface area contributed by atoms with Crippen LogP contribution in [-0.4, -0.2) is 56.7 Å². The van der Waals surface area contributed by atoms with Crippen LogP contribution in [-0.2, 0) is 6.54 Å². The zero-order valence-electron chi connectivity index (χ0n) is 14.5. The summed E-state index contributed by atoms with van der Waals surface area (Å²) in [5.41, 5.74) is 2.07. The van der Waals surface area contributed by atoms with Crippen molar-refractivity contribution >= 4 is 5.91 Å². The van der Waals surface area contributed by atoms with Crippen LogP contribution in [0.5, 0.6) is 0 Å². The molecule has 0 spiro atoms. The molecule has 2 saturated heterocycles. The number of carbonyl (C=O) groups excluding carboxylic acids is 1. The molecule has 2 aliphatic heterocycles. The monoisotopic (exact) mass is 339 g/mol. The zero-order chi connectivity index (χ0) is 17.1. The second-order valence-electron chi connectivity index (χ2n) is 7.10. The molecule has 3 heterocycles. The molecule has 2 aliphatic rings. The number of rotatable bonds is 4. The summed E-state index contributed by atoms with van der Waals surface area (Å²) in [6, 6.07) is 8.39. The summed E-state index contributed by atoms with van der Waals surface area (Å²) in [5.74, 6) is 0.123. The molecule has 25 heavy (non-hydrogen) atoms. The molecule has 1 aromatic carbocycles. The topological polar surface area (TPSA) is 54.3 Å². The van der Waals surface area contributed by atoms with E-state index in [2.05, 4.69) is 27.1 Å².